The van der Waals surface area contributed by atoms with Gasteiger partial charge in [0.15, 0.2) is 11.5 Å². The van der Waals surface area contributed by atoms with Crippen LogP contribution in [0.15, 0.2) is 12.1 Å². The first-order valence-corrected chi connectivity index (χ1v) is 4.10. The highest BCUT2D eigenvalue weighted by molar-refractivity contribution is 5.59. The molecule has 2 aliphatic rings. The molecule has 3 nitrogen and oxygen atoms in total. The molecule has 2 aliphatic carbocycles. The van der Waals surface area contributed by atoms with E-state index >= 15 is 0 Å². The molecule has 13 heavy (non-hydrogen) atoms. The van der Waals surface area contributed by atoms with Gasteiger partial charge in [0.1, 0.15) is 6.10 Å². The van der Waals surface area contributed by atoms with Crippen LogP contribution in [-0.2, 0) is 4.74 Å². The number of methoxy groups -OCH3 is 3. The standard InChI is InChI=1S/C10H12O3/c1-11-8-5-6-4-7(9(6)12-2)10(8)13-3/h4-5,9H,1-3H3. The Labute approximate surface area is 77.2 Å². The number of ether oxygens (including phenoxy) is 3. The van der Waals surface area contributed by atoms with Gasteiger partial charge in [-0.1, -0.05) is 0 Å². The van der Waals surface area contributed by atoms with Crippen molar-refractivity contribution in [2.24, 2.45) is 0 Å². The first-order chi connectivity index (χ1) is 6.31. The lowest BCUT2D eigenvalue weighted by Crippen LogP contribution is -2.15. The molecule has 0 amide bonds. The fourth-order valence-electron chi connectivity index (χ4n) is 1.71. The summed E-state index contributed by atoms with van der Waals surface area (Å²) in [6, 6.07) is 4.00. The molecule has 1 aromatic carbocycles. The van der Waals surface area contributed by atoms with Crippen LogP contribution in [0.2, 0.25) is 0 Å². The summed E-state index contributed by atoms with van der Waals surface area (Å²) in [5.41, 5.74) is 2.22. The quantitative estimate of drug-likeness (QED) is 0.709. The van der Waals surface area contributed by atoms with E-state index in [0.29, 0.717) is 0 Å². The van der Waals surface area contributed by atoms with Gasteiger partial charge in [-0.05, 0) is 17.7 Å². The molecule has 0 N–H and O–H groups in total. The summed E-state index contributed by atoms with van der Waals surface area (Å²) < 4.78 is 15.7. The van der Waals surface area contributed by atoms with Gasteiger partial charge in [0, 0.05) is 12.7 Å². The molecule has 0 heterocycles. The van der Waals surface area contributed by atoms with Crippen LogP contribution in [0.4, 0.5) is 0 Å². The Balaban J connectivity index is 2.44. The molecule has 1 atom stereocenters. The van der Waals surface area contributed by atoms with E-state index in [4.69, 9.17) is 14.2 Å². The molecule has 0 saturated heterocycles. The van der Waals surface area contributed by atoms with Crippen molar-refractivity contribution in [2.75, 3.05) is 21.3 Å². The van der Waals surface area contributed by atoms with E-state index in [0.717, 1.165) is 22.6 Å². The molecule has 1 aromatic rings. The summed E-state index contributed by atoms with van der Waals surface area (Å²) in [5, 5.41) is 0. The summed E-state index contributed by atoms with van der Waals surface area (Å²) in [4.78, 5) is 0. The molecule has 0 aliphatic heterocycles. The minimum Gasteiger partial charge on any atom is -0.493 e. The first-order valence-electron chi connectivity index (χ1n) is 4.10. The fraction of sp³-hybridized carbons (Fsp3) is 0.400. The zero-order valence-corrected chi connectivity index (χ0v) is 7.96. The Hall–Kier alpha value is -1.22. The smallest absolute Gasteiger partial charge is 0.166 e. The number of fused-ring (bicyclic) bond motifs is 2. The van der Waals surface area contributed by atoms with Crippen LogP contribution in [0, 0.1) is 0 Å². The Morgan fingerprint density at radius 2 is 1.85 bits per heavy atom. The van der Waals surface area contributed by atoms with Crippen molar-refractivity contribution >= 4 is 0 Å². The Kier molecular flexibility index (Phi) is 1.88. The predicted molar refractivity (Wildman–Crippen MR) is 48.4 cm³/mol. The topological polar surface area (TPSA) is 27.7 Å². The van der Waals surface area contributed by atoms with Gasteiger partial charge in [-0.3, -0.25) is 0 Å². The van der Waals surface area contributed by atoms with Crippen LogP contribution in [0.25, 0.3) is 0 Å². The van der Waals surface area contributed by atoms with Gasteiger partial charge in [-0.25, -0.2) is 0 Å². The average Bonchev–Trinajstić information content (AvgIpc) is 2.17. The van der Waals surface area contributed by atoms with Gasteiger partial charge in [-0.15, -0.1) is 0 Å². The third-order valence-electron chi connectivity index (χ3n) is 2.35. The maximum absolute atomic E-state index is 5.27. The maximum Gasteiger partial charge on any atom is 0.166 e. The molecule has 3 rings (SSSR count). The zero-order valence-electron chi connectivity index (χ0n) is 7.96. The number of benzene rings is 1. The lowest BCUT2D eigenvalue weighted by molar-refractivity contribution is 0.121. The fourth-order valence-corrected chi connectivity index (χ4v) is 1.71. The lowest BCUT2D eigenvalue weighted by Gasteiger charge is -2.29. The van der Waals surface area contributed by atoms with Gasteiger partial charge < -0.3 is 14.2 Å². The highest BCUT2D eigenvalue weighted by atomic mass is 16.5. The van der Waals surface area contributed by atoms with Crippen molar-refractivity contribution in [3.63, 3.8) is 0 Å². The predicted octanol–water partition coefficient (Wildman–Crippen LogP) is 1.75. The maximum atomic E-state index is 5.27. The number of rotatable bonds is 3. The molecular weight excluding hydrogens is 168 g/mol. The molecule has 0 spiro atoms. The van der Waals surface area contributed by atoms with Gasteiger partial charge in [0.2, 0.25) is 0 Å². The van der Waals surface area contributed by atoms with Crippen LogP contribution >= 0.6 is 0 Å². The molecule has 2 bridgehead atoms. The molecule has 0 radical (unpaired) electrons. The summed E-state index contributed by atoms with van der Waals surface area (Å²) in [5.74, 6) is 1.56. The van der Waals surface area contributed by atoms with Gasteiger partial charge in [-0.2, -0.15) is 0 Å². The highest BCUT2D eigenvalue weighted by Gasteiger charge is 2.31. The largest absolute Gasteiger partial charge is 0.493 e. The zero-order chi connectivity index (χ0) is 9.42. The normalized spacial score (nSPS) is 17.9. The van der Waals surface area contributed by atoms with E-state index in [1.807, 2.05) is 6.07 Å². The van der Waals surface area contributed by atoms with Crippen molar-refractivity contribution in [3.05, 3.63) is 23.3 Å². The minimum absolute atomic E-state index is 0.0776. The molecule has 0 fully saturated rings. The van der Waals surface area contributed by atoms with Crippen LogP contribution < -0.4 is 9.47 Å². The first kappa shape index (κ1) is 8.38. The minimum atomic E-state index is 0.0776. The summed E-state index contributed by atoms with van der Waals surface area (Å²) in [7, 11) is 4.97. The third kappa shape index (κ3) is 1.00. The molecule has 1 unspecified atom stereocenters. The van der Waals surface area contributed by atoms with E-state index in [-0.39, 0.29) is 6.10 Å². The van der Waals surface area contributed by atoms with Crippen LogP contribution in [0.1, 0.15) is 17.2 Å². The molecule has 70 valence electrons. The van der Waals surface area contributed by atoms with Crippen molar-refractivity contribution < 1.29 is 14.2 Å². The van der Waals surface area contributed by atoms with Crippen molar-refractivity contribution in [3.8, 4) is 11.5 Å². The van der Waals surface area contributed by atoms with Crippen LogP contribution in [0.5, 0.6) is 11.5 Å². The van der Waals surface area contributed by atoms with E-state index in [1.165, 1.54) is 0 Å². The monoisotopic (exact) mass is 180 g/mol. The highest BCUT2D eigenvalue weighted by Crippen LogP contribution is 2.48. The van der Waals surface area contributed by atoms with E-state index in [9.17, 15) is 0 Å². The molecule has 0 saturated carbocycles. The summed E-state index contributed by atoms with van der Waals surface area (Å²) >= 11 is 0. The molecule has 0 aromatic heterocycles. The Morgan fingerprint density at radius 3 is 2.38 bits per heavy atom. The van der Waals surface area contributed by atoms with Crippen LogP contribution in [-0.4, -0.2) is 21.3 Å². The second kappa shape index (κ2) is 2.92. The Bertz CT molecular complexity index is 333. The summed E-state index contributed by atoms with van der Waals surface area (Å²) in [6.45, 7) is 0. The second-order valence-corrected chi connectivity index (χ2v) is 2.96. The second-order valence-electron chi connectivity index (χ2n) is 2.96. The van der Waals surface area contributed by atoms with Gasteiger partial charge >= 0.3 is 0 Å². The number of hydrogen-bond donors (Lipinski definition) is 0. The van der Waals surface area contributed by atoms with E-state index in [2.05, 4.69) is 6.07 Å². The third-order valence-corrected chi connectivity index (χ3v) is 2.35. The SMILES string of the molecule is COc1cc2cc(c1OC)C2OC. The van der Waals surface area contributed by atoms with Crippen LogP contribution in [0.3, 0.4) is 0 Å². The molecule has 3 heteroatoms. The van der Waals surface area contributed by atoms with Crippen molar-refractivity contribution in [1.82, 2.24) is 0 Å². The van der Waals surface area contributed by atoms with Gasteiger partial charge in [0.05, 0.1) is 14.2 Å². The number of hydrogen-bond acceptors (Lipinski definition) is 3. The Morgan fingerprint density at radius 1 is 1.08 bits per heavy atom. The average molecular weight is 180 g/mol. The summed E-state index contributed by atoms with van der Waals surface area (Å²) in [6.07, 6.45) is 0.0776. The molecular formula is C10H12O3. The van der Waals surface area contributed by atoms with E-state index < -0.39 is 0 Å². The van der Waals surface area contributed by atoms with E-state index in [1.54, 1.807) is 21.3 Å². The van der Waals surface area contributed by atoms with Gasteiger partial charge in [0.25, 0.3) is 0 Å². The lowest BCUT2D eigenvalue weighted by atomic mass is 9.88. The van der Waals surface area contributed by atoms with Crippen molar-refractivity contribution in [2.45, 2.75) is 6.10 Å². The van der Waals surface area contributed by atoms with Crippen molar-refractivity contribution in [1.29, 1.82) is 0 Å².